The molecule has 9 nitrogen and oxygen atoms in total. The maximum Gasteiger partial charge on any atom is 0.326 e. The van der Waals surface area contributed by atoms with Crippen molar-refractivity contribution in [2.45, 2.75) is 58.0 Å². The summed E-state index contributed by atoms with van der Waals surface area (Å²) >= 11 is 0. The second-order valence-electron chi connectivity index (χ2n) is 10.3. The summed E-state index contributed by atoms with van der Waals surface area (Å²) in [6.07, 6.45) is 3.86. The number of H-pyrrole nitrogens is 1. The minimum atomic E-state index is -0.111. The number of amides is 2. The molecule has 2 heterocycles. The Morgan fingerprint density at radius 3 is 2.59 bits per heavy atom. The average Bonchev–Trinajstić information content (AvgIpc) is 3.48. The molecule has 1 saturated heterocycles. The number of anilines is 2. The molecule has 1 aliphatic carbocycles. The number of aromatic amines is 1. The summed E-state index contributed by atoms with van der Waals surface area (Å²) in [7, 11) is 1.62. The fraction of sp³-hybridized carbons (Fsp3) is 0.464. The third-order valence-electron chi connectivity index (χ3n) is 7.78. The van der Waals surface area contributed by atoms with Crippen LogP contribution in [0.3, 0.4) is 0 Å². The number of aryl methyl sites for hydroxylation is 1. The Hall–Kier alpha value is -3.75. The maximum atomic E-state index is 13.1. The minimum Gasteiger partial charge on any atom is -0.496 e. The summed E-state index contributed by atoms with van der Waals surface area (Å²) in [5.74, 6) is 0.655. The number of nitrogens with zero attached hydrogens (tertiary/aromatic N) is 2. The molecule has 2 fully saturated rings. The van der Waals surface area contributed by atoms with Crippen molar-refractivity contribution in [1.82, 2.24) is 14.9 Å². The number of ether oxygens (including phenoxy) is 1. The van der Waals surface area contributed by atoms with Gasteiger partial charge in [0.05, 0.1) is 23.8 Å². The van der Waals surface area contributed by atoms with Crippen LogP contribution in [0.5, 0.6) is 5.75 Å². The molecule has 0 spiro atoms. The second kappa shape index (κ2) is 10.3. The smallest absolute Gasteiger partial charge is 0.326 e. The molecule has 3 aromatic rings. The van der Waals surface area contributed by atoms with Crippen molar-refractivity contribution >= 4 is 34.2 Å². The van der Waals surface area contributed by atoms with Gasteiger partial charge >= 0.3 is 5.69 Å². The molecule has 0 radical (unpaired) electrons. The van der Waals surface area contributed by atoms with Crippen molar-refractivity contribution < 1.29 is 14.3 Å². The molecule has 2 aliphatic rings. The number of nitrogens with one attached hydrogen (secondary N) is 3. The molecule has 1 saturated carbocycles. The topological polar surface area (TPSA) is 108 Å². The summed E-state index contributed by atoms with van der Waals surface area (Å²) in [6.45, 7) is 5.05. The van der Waals surface area contributed by atoms with Crippen molar-refractivity contribution in [2.24, 2.45) is 5.92 Å². The van der Waals surface area contributed by atoms with Gasteiger partial charge in [-0.15, -0.1) is 0 Å². The molecule has 1 aromatic heterocycles. The monoisotopic (exact) mass is 505 g/mol. The summed E-state index contributed by atoms with van der Waals surface area (Å²) in [5.41, 5.74) is 4.36. The SMILES string of the molecule is COc1cc(NC(=O)C2CCC(n3c(=O)[nH]c4c(N5CCC(NC(C)=O)C5)cccc43)CC2)ccc1C. The van der Waals surface area contributed by atoms with Crippen LogP contribution in [-0.2, 0) is 9.59 Å². The van der Waals surface area contributed by atoms with Crippen LogP contribution >= 0.6 is 0 Å². The molecule has 1 atom stereocenters. The number of aromatic nitrogens is 2. The molecule has 5 rings (SSSR count). The van der Waals surface area contributed by atoms with Crippen molar-refractivity contribution in [3.8, 4) is 5.75 Å². The van der Waals surface area contributed by atoms with E-state index < -0.39 is 0 Å². The molecule has 2 amide bonds. The van der Waals surface area contributed by atoms with Gasteiger partial charge in [0.15, 0.2) is 0 Å². The van der Waals surface area contributed by atoms with Gasteiger partial charge in [0.2, 0.25) is 11.8 Å². The zero-order valence-corrected chi connectivity index (χ0v) is 21.7. The summed E-state index contributed by atoms with van der Waals surface area (Å²) in [4.78, 5) is 42.8. The van der Waals surface area contributed by atoms with Crippen LogP contribution < -0.4 is 26.0 Å². The largest absolute Gasteiger partial charge is 0.496 e. The maximum absolute atomic E-state index is 13.1. The van der Waals surface area contributed by atoms with Crippen LogP contribution in [0.1, 0.15) is 50.6 Å². The van der Waals surface area contributed by atoms with Gasteiger partial charge in [0, 0.05) is 49.8 Å². The molecule has 0 bridgehead atoms. The molecule has 3 N–H and O–H groups in total. The fourth-order valence-corrected chi connectivity index (χ4v) is 5.88. The standard InChI is InChI=1S/C28H35N5O4/c1-17-7-10-20(15-25(17)37-3)30-27(35)19-8-11-22(12-9-19)33-24-6-4-5-23(26(24)31-28(33)36)32-14-13-21(16-32)29-18(2)34/h4-7,10,15,19,21-22H,8-9,11-14,16H2,1-3H3,(H,29,34)(H,30,35)(H,31,36). The predicted molar refractivity (Wildman–Crippen MR) is 144 cm³/mol. The van der Waals surface area contributed by atoms with E-state index in [1.54, 1.807) is 14.0 Å². The molecule has 1 aliphatic heterocycles. The van der Waals surface area contributed by atoms with E-state index in [1.165, 1.54) is 0 Å². The number of benzene rings is 2. The second-order valence-corrected chi connectivity index (χ2v) is 10.3. The average molecular weight is 506 g/mol. The number of para-hydroxylation sites is 1. The van der Waals surface area contributed by atoms with E-state index in [0.717, 1.165) is 78.9 Å². The third-order valence-corrected chi connectivity index (χ3v) is 7.78. The van der Waals surface area contributed by atoms with E-state index in [4.69, 9.17) is 4.74 Å². The quantitative estimate of drug-likeness (QED) is 0.473. The molecular formula is C28H35N5O4. The number of hydrogen-bond acceptors (Lipinski definition) is 5. The lowest BCUT2D eigenvalue weighted by molar-refractivity contribution is -0.121. The Kier molecular flexibility index (Phi) is 6.95. The number of methoxy groups -OCH3 is 1. The summed E-state index contributed by atoms with van der Waals surface area (Å²) in [5, 5.41) is 6.03. The molecule has 196 valence electrons. The van der Waals surface area contributed by atoms with Crippen molar-refractivity contribution in [3.05, 3.63) is 52.4 Å². The Bertz CT molecular complexity index is 1370. The zero-order chi connectivity index (χ0) is 26.1. The van der Waals surface area contributed by atoms with Gasteiger partial charge in [-0.3, -0.25) is 14.2 Å². The van der Waals surface area contributed by atoms with Gasteiger partial charge in [-0.2, -0.15) is 0 Å². The lowest BCUT2D eigenvalue weighted by Crippen LogP contribution is -2.35. The highest BCUT2D eigenvalue weighted by Crippen LogP contribution is 2.36. The van der Waals surface area contributed by atoms with E-state index >= 15 is 0 Å². The first kappa shape index (κ1) is 24.9. The molecule has 2 aromatic carbocycles. The van der Waals surface area contributed by atoms with Crippen LogP contribution in [0.15, 0.2) is 41.2 Å². The lowest BCUT2D eigenvalue weighted by atomic mass is 9.85. The number of imidazole rings is 1. The van der Waals surface area contributed by atoms with Crippen molar-refractivity contribution in [2.75, 3.05) is 30.4 Å². The van der Waals surface area contributed by atoms with Crippen LogP contribution in [0.4, 0.5) is 11.4 Å². The van der Waals surface area contributed by atoms with E-state index in [-0.39, 0.29) is 35.5 Å². The first-order valence-corrected chi connectivity index (χ1v) is 13.0. The predicted octanol–water partition coefficient (Wildman–Crippen LogP) is 3.73. The Morgan fingerprint density at radius 1 is 1.08 bits per heavy atom. The van der Waals surface area contributed by atoms with Crippen LogP contribution in [0, 0.1) is 12.8 Å². The van der Waals surface area contributed by atoms with Crippen molar-refractivity contribution in [3.63, 3.8) is 0 Å². The number of carbonyl (C=O) groups excluding carboxylic acids is 2. The lowest BCUT2D eigenvalue weighted by Gasteiger charge is -2.28. The number of fused-ring (bicyclic) bond motifs is 1. The van der Waals surface area contributed by atoms with Crippen LogP contribution in [0.25, 0.3) is 11.0 Å². The van der Waals surface area contributed by atoms with Gasteiger partial charge in [-0.1, -0.05) is 12.1 Å². The number of carbonyl (C=O) groups is 2. The first-order valence-electron chi connectivity index (χ1n) is 13.0. The molecule has 9 heteroatoms. The Morgan fingerprint density at radius 2 is 1.86 bits per heavy atom. The van der Waals surface area contributed by atoms with Gasteiger partial charge in [0.25, 0.3) is 0 Å². The van der Waals surface area contributed by atoms with E-state index in [1.807, 2.05) is 47.9 Å². The minimum absolute atomic E-state index is 0.0145. The van der Waals surface area contributed by atoms with E-state index in [0.29, 0.717) is 0 Å². The van der Waals surface area contributed by atoms with Gasteiger partial charge in [-0.25, -0.2) is 4.79 Å². The summed E-state index contributed by atoms with van der Waals surface area (Å²) < 4.78 is 7.24. The van der Waals surface area contributed by atoms with Gasteiger partial charge < -0.3 is 25.3 Å². The fourth-order valence-electron chi connectivity index (χ4n) is 5.88. The highest BCUT2D eigenvalue weighted by atomic mass is 16.5. The Balaban J connectivity index is 1.28. The van der Waals surface area contributed by atoms with Crippen molar-refractivity contribution in [1.29, 1.82) is 0 Å². The van der Waals surface area contributed by atoms with E-state index in [2.05, 4.69) is 20.5 Å². The van der Waals surface area contributed by atoms with Gasteiger partial charge in [-0.05, 0) is 62.8 Å². The molecular weight excluding hydrogens is 470 g/mol. The molecule has 1 unspecified atom stereocenters. The zero-order valence-electron chi connectivity index (χ0n) is 21.7. The number of rotatable bonds is 6. The van der Waals surface area contributed by atoms with Crippen LogP contribution in [-0.4, -0.2) is 47.6 Å². The Labute approximate surface area is 216 Å². The van der Waals surface area contributed by atoms with E-state index in [9.17, 15) is 14.4 Å². The van der Waals surface area contributed by atoms with Crippen LogP contribution in [0.2, 0.25) is 0 Å². The summed E-state index contributed by atoms with van der Waals surface area (Å²) in [6, 6.07) is 11.8. The third kappa shape index (κ3) is 5.08. The van der Waals surface area contributed by atoms with Gasteiger partial charge in [0.1, 0.15) is 5.75 Å². The highest BCUT2D eigenvalue weighted by Gasteiger charge is 2.30. The first-order chi connectivity index (χ1) is 17.8. The normalized spacial score (nSPS) is 21.7. The number of hydrogen-bond donors (Lipinski definition) is 3. The highest BCUT2D eigenvalue weighted by molar-refractivity contribution is 5.93. The molecule has 37 heavy (non-hydrogen) atoms.